The fourth-order valence-electron chi connectivity index (χ4n) is 7.73. The molecule has 0 radical (unpaired) electrons. The molecule has 0 N–H and O–H groups in total. The van der Waals surface area contributed by atoms with Gasteiger partial charge in [0.25, 0.3) is 0 Å². The zero-order chi connectivity index (χ0) is 31.6. The zero-order valence-electron chi connectivity index (χ0n) is 26.2. The maximum atomic E-state index is 2.50. The Kier molecular flexibility index (Phi) is 5.91. The molecule has 0 aliphatic heterocycles. The quantitative estimate of drug-likeness (QED) is 0.188. The van der Waals surface area contributed by atoms with Crippen molar-refractivity contribution < 1.29 is 0 Å². The molecule has 0 saturated carbocycles. The molecule has 10 aromatic rings. The van der Waals surface area contributed by atoms with Gasteiger partial charge < -0.3 is 9.13 Å². The molecule has 2 nitrogen and oxygen atoms in total. The lowest BCUT2D eigenvalue weighted by molar-refractivity contribution is 1.18. The molecule has 0 atom stereocenters. The number of benzene rings is 8. The van der Waals surface area contributed by atoms with Gasteiger partial charge in [-0.05, 0) is 64.0 Å². The predicted octanol–water partition coefficient (Wildman–Crippen LogP) is 12.4. The molecule has 8 aromatic carbocycles. The van der Waals surface area contributed by atoms with Crippen LogP contribution in [-0.4, -0.2) is 9.13 Å². The summed E-state index contributed by atoms with van der Waals surface area (Å²) in [4.78, 5) is 0. The molecule has 0 unspecified atom stereocenters. The average Bonchev–Trinajstić information content (AvgIpc) is 3.68. The van der Waals surface area contributed by atoms with E-state index in [1.807, 2.05) is 0 Å². The van der Waals surface area contributed by atoms with Crippen LogP contribution < -0.4 is 0 Å². The van der Waals surface area contributed by atoms with Crippen LogP contribution in [0.3, 0.4) is 0 Å². The van der Waals surface area contributed by atoms with E-state index >= 15 is 0 Å². The van der Waals surface area contributed by atoms with Crippen molar-refractivity contribution in [2.24, 2.45) is 0 Å². The highest BCUT2D eigenvalue weighted by molar-refractivity contribution is 6.26. The first-order valence-corrected chi connectivity index (χ1v) is 16.5. The summed E-state index contributed by atoms with van der Waals surface area (Å²) >= 11 is 0. The van der Waals surface area contributed by atoms with Crippen molar-refractivity contribution in [2.45, 2.75) is 0 Å². The Balaban J connectivity index is 1.34. The van der Waals surface area contributed by atoms with E-state index in [0.29, 0.717) is 0 Å². The minimum atomic E-state index is 1.15. The van der Waals surface area contributed by atoms with Gasteiger partial charge in [-0.1, -0.05) is 146 Å². The minimum absolute atomic E-state index is 1.15. The van der Waals surface area contributed by atoms with Crippen LogP contribution in [0.25, 0.3) is 88.0 Å². The van der Waals surface area contributed by atoms with E-state index in [1.54, 1.807) is 0 Å². The van der Waals surface area contributed by atoms with Crippen LogP contribution >= 0.6 is 0 Å². The fraction of sp³-hybridized carbons (Fsp3) is 0. The first-order chi connectivity index (χ1) is 23.8. The lowest BCUT2D eigenvalue weighted by Crippen LogP contribution is -1.96. The summed E-state index contributed by atoms with van der Waals surface area (Å²) in [5, 5.41) is 7.51. The van der Waals surface area contributed by atoms with Gasteiger partial charge in [0, 0.05) is 32.6 Å². The molecule has 2 aromatic heterocycles. The van der Waals surface area contributed by atoms with Crippen molar-refractivity contribution >= 4 is 54.4 Å². The topological polar surface area (TPSA) is 9.86 Å². The SMILES string of the molecule is c1ccc(-c2ccc(-n3c4cc(-c5ccccc5)ccc4c4c3ccc3c5ccccc5n(-c5cccc6ccccc56)c34)cc2)cc1. The summed E-state index contributed by atoms with van der Waals surface area (Å²) in [6.07, 6.45) is 0. The van der Waals surface area contributed by atoms with Gasteiger partial charge >= 0.3 is 0 Å². The third kappa shape index (κ3) is 4.00. The summed E-state index contributed by atoms with van der Waals surface area (Å²) in [5.74, 6) is 0. The van der Waals surface area contributed by atoms with E-state index in [2.05, 4.69) is 191 Å². The Labute approximate surface area is 278 Å². The largest absolute Gasteiger partial charge is 0.309 e. The summed E-state index contributed by atoms with van der Waals surface area (Å²) in [7, 11) is 0. The Bertz CT molecular complexity index is 2800. The van der Waals surface area contributed by atoms with E-state index < -0.39 is 0 Å². The Hall–Kier alpha value is -6.38. The predicted molar refractivity (Wildman–Crippen MR) is 203 cm³/mol. The zero-order valence-corrected chi connectivity index (χ0v) is 26.2. The van der Waals surface area contributed by atoms with Crippen molar-refractivity contribution in [3.8, 4) is 33.6 Å². The summed E-state index contributed by atoms with van der Waals surface area (Å²) in [6.45, 7) is 0. The van der Waals surface area contributed by atoms with Gasteiger partial charge in [-0.2, -0.15) is 0 Å². The van der Waals surface area contributed by atoms with Gasteiger partial charge in [-0.15, -0.1) is 0 Å². The molecule has 0 aliphatic carbocycles. The van der Waals surface area contributed by atoms with E-state index in [9.17, 15) is 0 Å². The molecule has 0 spiro atoms. The van der Waals surface area contributed by atoms with Crippen LogP contribution in [0, 0.1) is 0 Å². The number of aromatic nitrogens is 2. The maximum absolute atomic E-state index is 2.50. The van der Waals surface area contributed by atoms with E-state index in [1.165, 1.54) is 82.3 Å². The number of fused-ring (bicyclic) bond motifs is 8. The summed E-state index contributed by atoms with van der Waals surface area (Å²) in [6, 6.07) is 66.2. The molecule has 10 rings (SSSR count). The van der Waals surface area contributed by atoms with Crippen LogP contribution in [-0.2, 0) is 0 Å². The van der Waals surface area contributed by atoms with Gasteiger partial charge in [-0.3, -0.25) is 0 Å². The third-order valence-electron chi connectivity index (χ3n) is 9.91. The van der Waals surface area contributed by atoms with Crippen LogP contribution in [0.4, 0.5) is 0 Å². The smallest absolute Gasteiger partial charge is 0.0641 e. The molecular formula is C46H30N2. The minimum Gasteiger partial charge on any atom is -0.309 e. The highest BCUT2D eigenvalue weighted by atomic mass is 15.0. The molecule has 0 fully saturated rings. The van der Waals surface area contributed by atoms with E-state index in [0.717, 1.165) is 5.69 Å². The number of nitrogens with zero attached hydrogens (tertiary/aromatic N) is 2. The molecular weight excluding hydrogens is 581 g/mol. The second-order valence-electron chi connectivity index (χ2n) is 12.6. The van der Waals surface area contributed by atoms with Crippen molar-refractivity contribution in [3.63, 3.8) is 0 Å². The average molecular weight is 611 g/mol. The Morgan fingerprint density at radius 1 is 0.312 bits per heavy atom. The lowest BCUT2D eigenvalue weighted by Gasteiger charge is -2.13. The molecule has 2 heterocycles. The van der Waals surface area contributed by atoms with Crippen molar-refractivity contribution in [2.75, 3.05) is 0 Å². The van der Waals surface area contributed by atoms with Crippen LogP contribution in [0.5, 0.6) is 0 Å². The van der Waals surface area contributed by atoms with Gasteiger partial charge in [0.05, 0.1) is 27.8 Å². The molecule has 224 valence electrons. The molecule has 0 saturated heterocycles. The number of hydrogen-bond acceptors (Lipinski definition) is 0. The summed E-state index contributed by atoms with van der Waals surface area (Å²) < 4.78 is 4.96. The lowest BCUT2D eigenvalue weighted by atomic mass is 10.0. The second kappa shape index (κ2) is 10.6. The van der Waals surface area contributed by atoms with Crippen LogP contribution in [0.1, 0.15) is 0 Å². The van der Waals surface area contributed by atoms with Crippen molar-refractivity contribution in [3.05, 3.63) is 182 Å². The number of rotatable bonds is 4. The standard InChI is InChI=1S/C46H30N2/c1-3-12-31(13-4-1)33-22-25-36(26-23-33)47-43-29-28-39-38-19-9-10-20-42(38)48(41-21-11-17-34-16-7-8-18-37(34)41)46(39)45(43)40-27-24-35(30-44(40)47)32-14-5-2-6-15-32/h1-30H. The molecule has 0 bridgehead atoms. The van der Waals surface area contributed by atoms with E-state index in [4.69, 9.17) is 0 Å². The van der Waals surface area contributed by atoms with Gasteiger partial charge in [0.2, 0.25) is 0 Å². The van der Waals surface area contributed by atoms with Crippen molar-refractivity contribution in [1.29, 1.82) is 0 Å². The summed E-state index contributed by atoms with van der Waals surface area (Å²) in [5.41, 5.74) is 12.0. The highest BCUT2D eigenvalue weighted by Gasteiger charge is 2.22. The number of para-hydroxylation sites is 1. The Morgan fingerprint density at radius 2 is 0.917 bits per heavy atom. The maximum Gasteiger partial charge on any atom is 0.0641 e. The normalized spacial score (nSPS) is 11.8. The first kappa shape index (κ1) is 26.8. The van der Waals surface area contributed by atoms with Gasteiger partial charge in [0.1, 0.15) is 0 Å². The molecule has 0 aliphatic rings. The Morgan fingerprint density at radius 3 is 1.71 bits per heavy atom. The number of hydrogen-bond donors (Lipinski definition) is 0. The fourth-order valence-corrected chi connectivity index (χ4v) is 7.73. The molecule has 2 heteroatoms. The van der Waals surface area contributed by atoms with Crippen molar-refractivity contribution in [1.82, 2.24) is 9.13 Å². The first-order valence-electron chi connectivity index (χ1n) is 16.5. The highest BCUT2D eigenvalue weighted by Crippen LogP contribution is 2.43. The monoisotopic (exact) mass is 610 g/mol. The molecule has 0 amide bonds. The van der Waals surface area contributed by atoms with Gasteiger partial charge in [-0.25, -0.2) is 0 Å². The van der Waals surface area contributed by atoms with Crippen LogP contribution in [0.2, 0.25) is 0 Å². The second-order valence-corrected chi connectivity index (χ2v) is 12.6. The molecule has 48 heavy (non-hydrogen) atoms. The van der Waals surface area contributed by atoms with Crippen LogP contribution in [0.15, 0.2) is 182 Å². The van der Waals surface area contributed by atoms with E-state index in [-0.39, 0.29) is 0 Å². The third-order valence-corrected chi connectivity index (χ3v) is 9.91. The van der Waals surface area contributed by atoms with Gasteiger partial charge in [0.15, 0.2) is 0 Å².